The molecule has 0 spiro atoms. The maximum absolute atomic E-state index is 13.5. The van der Waals surface area contributed by atoms with Crippen molar-refractivity contribution < 1.29 is 14.2 Å². The van der Waals surface area contributed by atoms with E-state index in [-0.39, 0.29) is 29.6 Å². The van der Waals surface area contributed by atoms with Gasteiger partial charge in [-0.2, -0.15) is 0 Å². The molecular formula is C24H23N2O2S+. The van der Waals surface area contributed by atoms with Gasteiger partial charge in [-0.1, -0.05) is 60.3 Å². The normalized spacial score (nSPS) is 34.9. The van der Waals surface area contributed by atoms with Gasteiger partial charge in [0.1, 0.15) is 0 Å². The summed E-state index contributed by atoms with van der Waals surface area (Å²) >= 11 is 1.88. The molecule has 2 amide bonds. The molecule has 0 aromatic heterocycles. The van der Waals surface area contributed by atoms with Crippen LogP contribution in [0.5, 0.6) is 0 Å². The SMILES string of the molecule is O=C1C2C(C(=O)N1c1ccccc1)[C@@H]1CC[C@H]2[C@@H]2SC=[N+](Cc3ccccc3)[C@@H]21. The van der Waals surface area contributed by atoms with Gasteiger partial charge in [0, 0.05) is 11.5 Å². The van der Waals surface area contributed by atoms with Crippen LogP contribution in [0.1, 0.15) is 18.4 Å². The minimum Gasteiger partial charge on any atom is -0.274 e. The minimum absolute atomic E-state index is 0.0240. The van der Waals surface area contributed by atoms with Crippen LogP contribution in [0, 0.1) is 23.7 Å². The highest BCUT2D eigenvalue weighted by molar-refractivity contribution is 8.12. The summed E-state index contributed by atoms with van der Waals surface area (Å²) in [5.74, 6) is 0.308. The molecule has 3 aliphatic carbocycles. The van der Waals surface area contributed by atoms with Gasteiger partial charge in [-0.25, -0.2) is 4.58 Å². The highest BCUT2D eigenvalue weighted by atomic mass is 32.2. The van der Waals surface area contributed by atoms with Crippen molar-refractivity contribution in [1.29, 1.82) is 0 Å². The fraction of sp³-hybridized carbons (Fsp3) is 0.375. The number of hydrogen-bond acceptors (Lipinski definition) is 3. The van der Waals surface area contributed by atoms with Crippen LogP contribution in [0.25, 0.3) is 0 Å². The van der Waals surface area contributed by atoms with Crippen molar-refractivity contribution in [1.82, 2.24) is 0 Å². The molecule has 1 saturated heterocycles. The number of rotatable bonds is 3. The Morgan fingerprint density at radius 2 is 1.48 bits per heavy atom. The van der Waals surface area contributed by atoms with E-state index in [9.17, 15) is 9.59 Å². The summed E-state index contributed by atoms with van der Waals surface area (Å²) in [7, 11) is 0. The van der Waals surface area contributed by atoms with E-state index in [4.69, 9.17) is 0 Å². The van der Waals surface area contributed by atoms with Gasteiger partial charge in [0.2, 0.25) is 11.8 Å². The van der Waals surface area contributed by atoms with Crippen LogP contribution in [0.4, 0.5) is 5.69 Å². The Morgan fingerprint density at radius 1 is 0.862 bits per heavy atom. The molecule has 0 N–H and O–H groups in total. The zero-order valence-corrected chi connectivity index (χ0v) is 16.9. The third kappa shape index (κ3) is 2.49. The van der Waals surface area contributed by atoms with E-state index in [0.717, 1.165) is 25.1 Å². The molecule has 6 atom stereocenters. The highest BCUT2D eigenvalue weighted by Gasteiger charge is 2.68. The van der Waals surface area contributed by atoms with E-state index in [1.807, 2.05) is 48.2 Å². The van der Waals surface area contributed by atoms with Crippen molar-refractivity contribution in [2.24, 2.45) is 23.7 Å². The van der Waals surface area contributed by atoms with Crippen molar-refractivity contribution >= 4 is 34.8 Å². The van der Waals surface area contributed by atoms with Crippen LogP contribution in [0.2, 0.25) is 0 Å². The summed E-state index contributed by atoms with van der Waals surface area (Å²) in [6, 6.07) is 20.3. The summed E-state index contributed by atoms with van der Waals surface area (Å²) in [5, 5.41) is 0.422. The lowest BCUT2D eigenvalue weighted by atomic mass is 9.57. The van der Waals surface area contributed by atoms with Gasteiger partial charge in [0.15, 0.2) is 18.1 Å². The standard InChI is InChI=1S/C24H23N2O2S/c27-23-19-17-11-12-18(20(19)24(28)26(23)16-9-5-2-6-10-16)22-21(17)25(14-29-22)13-15-7-3-1-4-8-15/h1-10,14,17-22H,11-13H2/q+1/t17-,18+,19?,20?,21+,22-/m0/s1. The van der Waals surface area contributed by atoms with E-state index in [2.05, 4.69) is 34.4 Å². The van der Waals surface area contributed by atoms with Gasteiger partial charge in [0.05, 0.1) is 22.8 Å². The lowest BCUT2D eigenvalue weighted by molar-refractivity contribution is -0.587. The molecule has 2 aromatic rings. The van der Waals surface area contributed by atoms with Crippen LogP contribution < -0.4 is 4.90 Å². The molecule has 2 aromatic carbocycles. The van der Waals surface area contributed by atoms with E-state index in [1.54, 1.807) is 0 Å². The second kappa shape index (κ2) is 6.56. The third-order valence-corrected chi connectivity index (χ3v) is 8.65. The highest BCUT2D eigenvalue weighted by Crippen LogP contribution is 2.58. The number of hydrogen-bond donors (Lipinski definition) is 0. The van der Waals surface area contributed by atoms with Crippen LogP contribution in [0.15, 0.2) is 60.7 Å². The predicted octanol–water partition coefficient (Wildman–Crippen LogP) is 3.56. The number of anilines is 1. The quantitative estimate of drug-likeness (QED) is 0.581. The first-order chi connectivity index (χ1) is 14.2. The molecule has 2 bridgehead atoms. The monoisotopic (exact) mass is 403 g/mol. The molecular weight excluding hydrogens is 380 g/mol. The fourth-order valence-corrected chi connectivity index (χ4v) is 7.75. The van der Waals surface area contributed by atoms with Gasteiger partial charge in [-0.05, 0) is 30.9 Å². The first-order valence-corrected chi connectivity index (χ1v) is 11.4. The van der Waals surface area contributed by atoms with Crippen molar-refractivity contribution in [3.8, 4) is 0 Å². The van der Waals surface area contributed by atoms with Crippen LogP contribution in [-0.4, -0.2) is 33.2 Å². The number of fused-ring (bicyclic) bond motifs is 1. The summed E-state index contributed by atoms with van der Waals surface area (Å²) in [4.78, 5) is 28.3. The number of nitrogens with zero attached hydrogens (tertiary/aromatic N) is 2. The van der Waals surface area contributed by atoms with Crippen molar-refractivity contribution in [3.63, 3.8) is 0 Å². The zero-order valence-electron chi connectivity index (χ0n) is 16.1. The second-order valence-corrected chi connectivity index (χ2v) is 9.69. The Kier molecular flexibility index (Phi) is 3.95. The molecule has 4 nitrogen and oxygen atoms in total. The topological polar surface area (TPSA) is 40.4 Å². The Labute approximate surface area is 174 Å². The van der Waals surface area contributed by atoms with E-state index in [0.29, 0.717) is 17.2 Å². The first kappa shape index (κ1) is 17.5. The summed E-state index contributed by atoms with van der Waals surface area (Å²) in [6.07, 6.45) is 2.11. The molecule has 3 saturated carbocycles. The van der Waals surface area contributed by atoms with Crippen LogP contribution >= 0.6 is 11.8 Å². The molecule has 7 rings (SSSR count). The predicted molar refractivity (Wildman–Crippen MR) is 114 cm³/mol. The zero-order chi connectivity index (χ0) is 19.5. The number of imide groups is 1. The van der Waals surface area contributed by atoms with Gasteiger partial charge < -0.3 is 0 Å². The number of para-hydroxylation sites is 1. The van der Waals surface area contributed by atoms with Gasteiger partial charge in [-0.15, -0.1) is 0 Å². The Hall–Kier alpha value is -2.40. The summed E-state index contributed by atoms with van der Waals surface area (Å²) in [6.45, 7) is 0.875. The van der Waals surface area contributed by atoms with Crippen LogP contribution in [0.3, 0.4) is 0 Å². The van der Waals surface area contributed by atoms with E-state index < -0.39 is 0 Å². The van der Waals surface area contributed by atoms with Crippen molar-refractivity contribution in [2.45, 2.75) is 30.7 Å². The van der Waals surface area contributed by atoms with E-state index >= 15 is 0 Å². The summed E-state index contributed by atoms with van der Waals surface area (Å²) in [5.41, 5.74) is 4.28. The number of amides is 2. The molecule has 29 heavy (non-hydrogen) atoms. The Balaban J connectivity index is 1.34. The van der Waals surface area contributed by atoms with Crippen LogP contribution in [-0.2, 0) is 16.1 Å². The van der Waals surface area contributed by atoms with Gasteiger partial charge >= 0.3 is 0 Å². The van der Waals surface area contributed by atoms with Gasteiger partial charge in [-0.3, -0.25) is 14.5 Å². The average Bonchev–Trinajstić information content (AvgIpc) is 3.31. The smallest absolute Gasteiger partial charge is 0.238 e. The molecule has 0 radical (unpaired) electrons. The maximum Gasteiger partial charge on any atom is 0.238 e. The summed E-state index contributed by atoms with van der Waals surface area (Å²) < 4.78 is 2.45. The van der Waals surface area contributed by atoms with Crippen molar-refractivity contribution in [3.05, 3.63) is 66.2 Å². The fourth-order valence-electron chi connectivity index (χ4n) is 6.21. The first-order valence-electron chi connectivity index (χ1n) is 10.5. The Morgan fingerprint density at radius 3 is 2.21 bits per heavy atom. The van der Waals surface area contributed by atoms with Crippen molar-refractivity contribution in [2.75, 3.05) is 4.90 Å². The number of benzene rings is 2. The molecule has 5 heteroatoms. The van der Waals surface area contributed by atoms with E-state index in [1.165, 1.54) is 10.5 Å². The minimum atomic E-state index is -0.159. The molecule has 5 aliphatic rings. The van der Waals surface area contributed by atoms with Gasteiger partial charge in [0.25, 0.3) is 0 Å². The lowest BCUT2D eigenvalue weighted by Crippen LogP contribution is -2.58. The number of carbonyl (C=O) groups excluding carboxylic acids is 2. The Bertz CT molecular complexity index is 1010. The number of carbonyl (C=O) groups is 2. The average molecular weight is 404 g/mol. The number of thioether (sulfide) groups is 1. The molecule has 2 heterocycles. The largest absolute Gasteiger partial charge is 0.274 e. The third-order valence-electron chi connectivity index (χ3n) is 7.31. The second-order valence-electron chi connectivity index (χ2n) is 8.66. The molecule has 4 fully saturated rings. The molecule has 146 valence electrons. The molecule has 2 aliphatic heterocycles. The maximum atomic E-state index is 13.5. The molecule has 2 unspecified atom stereocenters. The lowest BCUT2D eigenvalue weighted by Gasteiger charge is -2.47.